The van der Waals surface area contributed by atoms with Crippen molar-refractivity contribution in [3.8, 4) is 5.75 Å². The number of ketones is 1. The van der Waals surface area contributed by atoms with E-state index >= 15 is 0 Å². The molecule has 98 valence electrons. The minimum atomic E-state index is -3.35. The summed E-state index contributed by atoms with van der Waals surface area (Å²) in [5.41, 5.74) is 1.42. The van der Waals surface area contributed by atoms with Crippen molar-refractivity contribution in [3.63, 3.8) is 0 Å². The van der Waals surface area contributed by atoms with Crippen molar-refractivity contribution < 1.29 is 17.9 Å². The minimum Gasteiger partial charge on any atom is -0.493 e. The van der Waals surface area contributed by atoms with Gasteiger partial charge in [0.15, 0.2) is 15.6 Å². The van der Waals surface area contributed by atoms with Crippen LogP contribution in [0.25, 0.3) is 0 Å². The number of Topliss-reactive ketones (excluding diaryl/α,β-unsaturated/α-hetero) is 1. The summed E-state index contributed by atoms with van der Waals surface area (Å²) in [4.78, 5) is 12.1. The van der Waals surface area contributed by atoms with Crippen LogP contribution < -0.4 is 4.74 Å². The van der Waals surface area contributed by atoms with Gasteiger partial charge >= 0.3 is 0 Å². The predicted octanol–water partition coefficient (Wildman–Crippen LogP) is 1.63. The minimum absolute atomic E-state index is 0.356. The van der Waals surface area contributed by atoms with Gasteiger partial charge < -0.3 is 4.74 Å². The van der Waals surface area contributed by atoms with Crippen LogP contribution in [0.15, 0.2) is 18.2 Å². The van der Waals surface area contributed by atoms with E-state index in [9.17, 15) is 13.2 Å². The van der Waals surface area contributed by atoms with Crippen LogP contribution in [0.3, 0.4) is 0 Å². The second-order valence-corrected chi connectivity index (χ2v) is 6.98. The van der Waals surface area contributed by atoms with Gasteiger partial charge in [-0.15, -0.1) is 0 Å². The molecule has 0 amide bonds. The average molecular weight is 268 g/mol. The standard InChI is InChI=1S/C13H16O4S/c1-9(18(2,15)16)13(14)11-5-6-12-10(8-11)4-3-7-17-12/h5-6,8-9H,3-4,7H2,1-2H3. The average Bonchev–Trinajstić information content (AvgIpc) is 2.35. The Balaban J connectivity index is 2.32. The molecular formula is C13H16O4S. The third kappa shape index (κ3) is 2.56. The van der Waals surface area contributed by atoms with Crippen LogP contribution in [-0.2, 0) is 16.3 Å². The quantitative estimate of drug-likeness (QED) is 0.782. The highest BCUT2D eigenvalue weighted by Gasteiger charge is 2.25. The Morgan fingerprint density at radius 3 is 2.78 bits per heavy atom. The van der Waals surface area contributed by atoms with E-state index < -0.39 is 15.1 Å². The van der Waals surface area contributed by atoms with Gasteiger partial charge in [0.1, 0.15) is 11.0 Å². The van der Waals surface area contributed by atoms with Crippen molar-refractivity contribution in [1.29, 1.82) is 0 Å². The van der Waals surface area contributed by atoms with E-state index in [1.54, 1.807) is 18.2 Å². The van der Waals surface area contributed by atoms with Gasteiger partial charge in [0.2, 0.25) is 0 Å². The van der Waals surface area contributed by atoms with Gasteiger partial charge in [0.25, 0.3) is 0 Å². The first-order chi connectivity index (χ1) is 8.39. The summed E-state index contributed by atoms with van der Waals surface area (Å²) in [6.45, 7) is 2.12. The lowest BCUT2D eigenvalue weighted by atomic mass is 10.0. The molecule has 5 heteroatoms. The van der Waals surface area contributed by atoms with Crippen molar-refractivity contribution >= 4 is 15.6 Å². The Hall–Kier alpha value is -1.36. The summed E-state index contributed by atoms with van der Waals surface area (Å²) in [6, 6.07) is 5.13. The van der Waals surface area contributed by atoms with Crippen molar-refractivity contribution in [1.82, 2.24) is 0 Å². The fraction of sp³-hybridized carbons (Fsp3) is 0.462. The van der Waals surface area contributed by atoms with Crippen LogP contribution in [0, 0.1) is 0 Å². The van der Waals surface area contributed by atoms with E-state index in [4.69, 9.17) is 4.74 Å². The van der Waals surface area contributed by atoms with Crippen molar-refractivity contribution in [3.05, 3.63) is 29.3 Å². The van der Waals surface area contributed by atoms with E-state index in [0.717, 1.165) is 30.4 Å². The lowest BCUT2D eigenvalue weighted by molar-refractivity contribution is 0.0991. The normalized spacial score (nSPS) is 16.6. The Bertz CT molecular complexity index is 575. The number of rotatable bonds is 3. The number of carbonyl (C=O) groups is 1. The van der Waals surface area contributed by atoms with Crippen LogP contribution in [0.4, 0.5) is 0 Å². The van der Waals surface area contributed by atoms with E-state index in [2.05, 4.69) is 0 Å². The van der Waals surface area contributed by atoms with Gasteiger partial charge in [0, 0.05) is 11.8 Å². The zero-order valence-corrected chi connectivity index (χ0v) is 11.3. The summed E-state index contributed by atoms with van der Waals surface area (Å²) in [5.74, 6) is 0.440. The fourth-order valence-electron chi connectivity index (χ4n) is 1.94. The Labute approximate surface area is 107 Å². The maximum Gasteiger partial charge on any atom is 0.180 e. The fourth-order valence-corrected chi connectivity index (χ4v) is 2.47. The lowest BCUT2D eigenvalue weighted by Crippen LogP contribution is -2.26. The molecule has 18 heavy (non-hydrogen) atoms. The molecule has 1 unspecified atom stereocenters. The number of ether oxygens (including phenoxy) is 1. The number of fused-ring (bicyclic) bond motifs is 1. The van der Waals surface area contributed by atoms with Gasteiger partial charge in [-0.05, 0) is 43.5 Å². The molecule has 4 nitrogen and oxygen atoms in total. The van der Waals surface area contributed by atoms with Crippen LogP contribution in [-0.4, -0.2) is 32.3 Å². The zero-order chi connectivity index (χ0) is 13.3. The second-order valence-electron chi connectivity index (χ2n) is 4.61. The van der Waals surface area contributed by atoms with Crippen LogP contribution >= 0.6 is 0 Å². The molecule has 0 N–H and O–H groups in total. The van der Waals surface area contributed by atoms with Gasteiger partial charge in [-0.2, -0.15) is 0 Å². The molecule has 0 radical (unpaired) electrons. The van der Waals surface area contributed by atoms with E-state index in [1.165, 1.54) is 6.92 Å². The molecular weight excluding hydrogens is 252 g/mol. The molecule has 1 atom stereocenters. The van der Waals surface area contributed by atoms with E-state index in [0.29, 0.717) is 12.2 Å². The third-order valence-electron chi connectivity index (χ3n) is 3.20. The Morgan fingerprint density at radius 1 is 1.39 bits per heavy atom. The summed E-state index contributed by atoms with van der Waals surface area (Å²) < 4.78 is 28.2. The largest absolute Gasteiger partial charge is 0.493 e. The lowest BCUT2D eigenvalue weighted by Gasteiger charge is -2.18. The first-order valence-corrected chi connectivity index (χ1v) is 7.84. The molecule has 1 aliphatic heterocycles. The highest BCUT2D eigenvalue weighted by atomic mass is 32.2. The molecule has 1 heterocycles. The summed E-state index contributed by atoms with van der Waals surface area (Å²) in [6.07, 6.45) is 2.87. The van der Waals surface area contributed by atoms with Crippen LogP contribution in [0.2, 0.25) is 0 Å². The molecule has 1 aromatic carbocycles. The molecule has 0 spiro atoms. The highest BCUT2D eigenvalue weighted by molar-refractivity contribution is 7.92. The molecule has 0 saturated heterocycles. The number of sulfone groups is 1. The first kappa shape index (κ1) is 13.1. The van der Waals surface area contributed by atoms with Gasteiger partial charge in [0.05, 0.1) is 6.61 Å². The topological polar surface area (TPSA) is 60.4 Å². The molecule has 0 fully saturated rings. The molecule has 0 bridgehead atoms. The predicted molar refractivity (Wildman–Crippen MR) is 68.9 cm³/mol. The molecule has 1 aromatic rings. The summed E-state index contributed by atoms with van der Waals surface area (Å²) in [5, 5.41) is -1.000. The van der Waals surface area contributed by atoms with Crippen molar-refractivity contribution in [2.24, 2.45) is 0 Å². The van der Waals surface area contributed by atoms with Crippen LogP contribution in [0.1, 0.15) is 29.3 Å². The maximum absolute atomic E-state index is 12.1. The van der Waals surface area contributed by atoms with Gasteiger partial charge in [-0.25, -0.2) is 8.42 Å². The second kappa shape index (κ2) is 4.72. The Morgan fingerprint density at radius 2 is 2.11 bits per heavy atom. The van der Waals surface area contributed by atoms with Crippen molar-refractivity contribution in [2.45, 2.75) is 25.0 Å². The molecule has 2 rings (SSSR count). The molecule has 1 aliphatic rings. The smallest absolute Gasteiger partial charge is 0.180 e. The first-order valence-electron chi connectivity index (χ1n) is 5.88. The Kier molecular flexibility index (Phi) is 3.43. The van der Waals surface area contributed by atoms with Gasteiger partial charge in [-0.1, -0.05) is 0 Å². The molecule has 0 saturated carbocycles. The monoisotopic (exact) mass is 268 g/mol. The molecule has 0 aromatic heterocycles. The summed E-state index contributed by atoms with van der Waals surface area (Å²) in [7, 11) is -3.35. The number of benzene rings is 1. The third-order valence-corrected chi connectivity index (χ3v) is 4.70. The van der Waals surface area contributed by atoms with E-state index in [1.807, 2.05) is 0 Å². The zero-order valence-electron chi connectivity index (χ0n) is 10.5. The SMILES string of the molecule is CC(C(=O)c1ccc2c(c1)CCCO2)S(C)(=O)=O. The number of hydrogen-bond acceptors (Lipinski definition) is 4. The number of aryl methyl sites for hydroxylation is 1. The van der Waals surface area contributed by atoms with E-state index in [-0.39, 0.29) is 5.78 Å². The van der Waals surface area contributed by atoms with Gasteiger partial charge in [-0.3, -0.25) is 4.79 Å². The summed E-state index contributed by atoms with van der Waals surface area (Å²) >= 11 is 0. The highest BCUT2D eigenvalue weighted by Crippen LogP contribution is 2.26. The number of hydrogen-bond donors (Lipinski definition) is 0. The van der Waals surface area contributed by atoms with Crippen molar-refractivity contribution in [2.75, 3.05) is 12.9 Å². The maximum atomic E-state index is 12.1. The number of carbonyl (C=O) groups excluding carboxylic acids is 1. The molecule has 0 aliphatic carbocycles. The van der Waals surface area contributed by atoms with Crippen LogP contribution in [0.5, 0.6) is 5.75 Å².